The molecule has 2 heterocycles. The van der Waals surface area contributed by atoms with Gasteiger partial charge in [0.1, 0.15) is 5.75 Å². The van der Waals surface area contributed by atoms with Crippen molar-refractivity contribution in [2.45, 2.75) is 45.8 Å². The minimum absolute atomic E-state index is 0.0327. The quantitative estimate of drug-likeness (QED) is 0.467. The van der Waals surface area contributed by atoms with Crippen LogP contribution in [-0.4, -0.2) is 52.5 Å². The average Bonchev–Trinajstić information content (AvgIpc) is 2.89. The topological polar surface area (TPSA) is 106 Å². The van der Waals surface area contributed by atoms with Crippen LogP contribution < -0.4 is 20.9 Å². The van der Waals surface area contributed by atoms with Crippen LogP contribution in [-0.2, 0) is 13.0 Å². The molecular weight excluding hydrogens is 529 g/mol. The van der Waals surface area contributed by atoms with Gasteiger partial charge in [-0.05, 0) is 57.5 Å². The van der Waals surface area contributed by atoms with Crippen molar-refractivity contribution in [1.29, 1.82) is 0 Å². The van der Waals surface area contributed by atoms with Crippen molar-refractivity contribution in [1.82, 2.24) is 19.8 Å². The zero-order chi connectivity index (χ0) is 27.7. The lowest BCUT2D eigenvalue weighted by Gasteiger charge is -2.35. The van der Waals surface area contributed by atoms with Gasteiger partial charge in [0, 0.05) is 36.3 Å². The van der Waals surface area contributed by atoms with E-state index < -0.39 is 0 Å². The molecular formula is C27H29Cl2N5O4. The Balaban J connectivity index is 1.80. The van der Waals surface area contributed by atoms with E-state index in [1.54, 1.807) is 41.3 Å². The van der Waals surface area contributed by atoms with Crippen LogP contribution in [0.1, 0.15) is 52.7 Å². The summed E-state index contributed by atoms with van der Waals surface area (Å²) in [5.41, 5.74) is 2.06. The first-order valence-electron chi connectivity index (χ1n) is 12.1. The van der Waals surface area contributed by atoms with Gasteiger partial charge in [-0.2, -0.15) is 0 Å². The number of hydrogen-bond acceptors (Lipinski definition) is 6. The van der Waals surface area contributed by atoms with Gasteiger partial charge in [0.25, 0.3) is 17.4 Å². The summed E-state index contributed by atoms with van der Waals surface area (Å²) in [6.07, 6.45) is 0.323. The van der Waals surface area contributed by atoms with Crippen LogP contribution in [0.5, 0.6) is 5.75 Å². The third kappa shape index (κ3) is 5.21. The van der Waals surface area contributed by atoms with E-state index in [0.29, 0.717) is 56.2 Å². The molecule has 0 radical (unpaired) electrons. The fraction of sp³-hybridized carbons (Fsp3) is 0.333. The zero-order valence-corrected chi connectivity index (χ0v) is 23.3. The minimum atomic E-state index is -0.301. The molecule has 2 aromatic carbocycles. The van der Waals surface area contributed by atoms with Crippen molar-refractivity contribution in [3.8, 4) is 11.4 Å². The molecule has 0 aliphatic carbocycles. The Kier molecular flexibility index (Phi) is 7.99. The van der Waals surface area contributed by atoms with Crippen LogP contribution in [0.2, 0.25) is 10.0 Å². The van der Waals surface area contributed by atoms with Gasteiger partial charge in [-0.25, -0.2) is 9.55 Å². The standard InChI is InChI=1S/C27H29Cl2N5O4/c1-14(2)31-27-32-22-13-33(25(36)16-6-9-20(28)21(29)11-16)15(3)10-19(22)26(37)34(27)17-7-8-18(24(35)30-4)23(12-17)38-5/h6-9,11-12,14-15H,10,13H2,1-5H3,(H,30,35)(H,31,32)/t15-/m1/s1. The third-order valence-electron chi connectivity index (χ3n) is 6.37. The second-order valence-electron chi connectivity index (χ2n) is 9.38. The van der Waals surface area contributed by atoms with Crippen LogP contribution in [0.15, 0.2) is 41.2 Å². The number of anilines is 1. The molecule has 1 atom stereocenters. The summed E-state index contributed by atoms with van der Waals surface area (Å²) in [6.45, 7) is 5.93. The number of fused-ring (bicyclic) bond motifs is 1. The van der Waals surface area contributed by atoms with Crippen molar-refractivity contribution >= 4 is 41.0 Å². The lowest BCUT2D eigenvalue weighted by atomic mass is 9.98. The molecule has 2 amide bonds. The number of rotatable bonds is 6. The Bertz CT molecular complexity index is 1470. The Labute approximate surface area is 230 Å². The second kappa shape index (κ2) is 11.0. The Morgan fingerprint density at radius 3 is 2.50 bits per heavy atom. The zero-order valence-electron chi connectivity index (χ0n) is 21.8. The second-order valence-corrected chi connectivity index (χ2v) is 10.2. The Morgan fingerprint density at radius 2 is 1.87 bits per heavy atom. The molecule has 200 valence electrons. The maximum atomic E-state index is 13.9. The lowest BCUT2D eigenvalue weighted by Crippen LogP contribution is -2.46. The Hall–Kier alpha value is -3.56. The van der Waals surface area contributed by atoms with Crippen LogP contribution in [0.4, 0.5) is 5.95 Å². The third-order valence-corrected chi connectivity index (χ3v) is 7.11. The normalized spacial score (nSPS) is 14.7. The Morgan fingerprint density at radius 1 is 1.13 bits per heavy atom. The van der Waals surface area contributed by atoms with Gasteiger partial charge in [0.15, 0.2) is 0 Å². The smallest absolute Gasteiger partial charge is 0.263 e. The van der Waals surface area contributed by atoms with Crippen LogP contribution in [0, 0.1) is 0 Å². The lowest BCUT2D eigenvalue weighted by molar-refractivity contribution is 0.0653. The molecule has 1 aliphatic rings. The number of carbonyl (C=O) groups is 2. The van der Waals surface area contributed by atoms with Crippen LogP contribution in [0.25, 0.3) is 5.69 Å². The monoisotopic (exact) mass is 557 g/mol. The van der Waals surface area contributed by atoms with Gasteiger partial charge in [-0.3, -0.25) is 14.4 Å². The maximum Gasteiger partial charge on any atom is 0.263 e. The molecule has 1 aromatic heterocycles. The highest BCUT2D eigenvalue weighted by Gasteiger charge is 2.32. The van der Waals surface area contributed by atoms with Crippen molar-refractivity contribution in [2.75, 3.05) is 19.5 Å². The predicted molar refractivity (Wildman–Crippen MR) is 148 cm³/mol. The van der Waals surface area contributed by atoms with Crippen molar-refractivity contribution in [2.24, 2.45) is 0 Å². The molecule has 0 saturated heterocycles. The van der Waals surface area contributed by atoms with E-state index in [1.807, 2.05) is 20.8 Å². The fourth-order valence-corrected chi connectivity index (χ4v) is 4.76. The molecule has 0 fully saturated rings. The molecule has 0 saturated carbocycles. The molecule has 4 rings (SSSR count). The van der Waals surface area contributed by atoms with E-state index in [4.69, 9.17) is 32.9 Å². The van der Waals surface area contributed by atoms with E-state index in [2.05, 4.69) is 10.6 Å². The van der Waals surface area contributed by atoms with Crippen molar-refractivity contribution in [3.05, 3.63) is 79.2 Å². The molecule has 2 N–H and O–H groups in total. The number of nitrogens with zero attached hydrogens (tertiary/aromatic N) is 3. The molecule has 11 heteroatoms. The van der Waals surface area contributed by atoms with E-state index in [-0.39, 0.29) is 36.0 Å². The van der Waals surface area contributed by atoms with Crippen molar-refractivity contribution < 1.29 is 14.3 Å². The van der Waals surface area contributed by atoms with E-state index in [0.717, 1.165) is 0 Å². The largest absolute Gasteiger partial charge is 0.496 e. The summed E-state index contributed by atoms with van der Waals surface area (Å²) in [4.78, 5) is 46.0. The van der Waals surface area contributed by atoms with Gasteiger partial charge >= 0.3 is 0 Å². The predicted octanol–water partition coefficient (Wildman–Crippen LogP) is 4.31. The van der Waals surface area contributed by atoms with Crippen molar-refractivity contribution in [3.63, 3.8) is 0 Å². The highest BCUT2D eigenvalue weighted by Crippen LogP contribution is 2.29. The number of halogens is 2. The van der Waals surface area contributed by atoms with Gasteiger partial charge in [0.05, 0.1) is 40.6 Å². The fourth-order valence-electron chi connectivity index (χ4n) is 4.46. The number of hydrogen-bond donors (Lipinski definition) is 2. The molecule has 38 heavy (non-hydrogen) atoms. The first kappa shape index (κ1) is 27.5. The van der Waals surface area contributed by atoms with E-state index in [9.17, 15) is 14.4 Å². The molecule has 1 aliphatic heterocycles. The van der Waals surface area contributed by atoms with Gasteiger partial charge < -0.3 is 20.3 Å². The summed E-state index contributed by atoms with van der Waals surface area (Å²) in [6, 6.07) is 9.39. The van der Waals surface area contributed by atoms with Gasteiger partial charge in [-0.1, -0.05) is 23.2 Å². The number of ether oxygens (including phenoxy) is 1. The highest BCUT2D eigenvalue weighted by molar-refractivity contribution is 6.42. The van der Waals surface area contributed by atoms with Gasteiger partial charge in [-0.15, -0.1) is 0 Å². The average molecular weight is 558 g/mol. The summed E-state index contributed by atoms with van der Waals surface area (Å²) in [5, 5.41) is 6.49. The molecule has 0 bridgehead atoms. The number of aromatic nitrogens is 2. The first-order valence-corrected chi connectivity index (χ1v) is 12.9. The molecule has 0 unspecified atom stereocenters. The maximum absolute atomic E-state index is 13.9. The number of carbonyl (C=O) groups excluding carboxylic acids is 2. The summed E-state index contributed by atoms with van der Waals surface area (Å²) < 4.78 is 6.92. The molecule has 3 aromatic rings. The van der Waals surface area contributed by atoms with E-state index >= 15 is 0 Å². The molecule has 0 spiro atoms. The summed E-state index contributed by atoms with van der Waals surface area (Å²) in [7, 11) is 3.00. The van der Waals surface area contributed by atoms with E-state index in [1.165, 1.54) is 18.7 Å². The van der Waals surface area contributed by atoms with Crippen LogP contribution >= 0.6 is 23.2 Å². The number of benzene rings is 2. The summed E-state index contributed by atoms with van der Waals surface area (Å²) >= 11 is 12.2. The highest BCUT2D eigenvalue weighted by atomic mass is 35.5. The number of amides is 2. The van der Waals surface area contributed by atoms with Crippen LogP contribution in [0.3, 0.4) is 0 Å². The molecule has 9 nitrogen and oxygen atoms in total. The minimum Gasteiger partial charge on any atom is -0.496 e. The van der Waals surface area contributed by atoms with Gasteiger partial charge in [0.2, 0.25) is 5.95 Å². The summed E-state index contributed by atoms with van der Waals surface area (Å²) in [5.74, 6) is 0.134. The number of methoxy groups -OCH3 is 1. The number of nitrogens with one attached hydrogen (secondary N) is 2. The SMILES string of the molecule is CNC(=O)c1ccc(-n2c(NC(C)C)nc3c(c2=O)C[C@@H](C)N(C(=O)c2ccc(Cl)c(Cl)c2)C3)cc1OC. The first-order chi connectivity index (χ1) is 18.0.